The first-order chi connectivity index (χ1) is 5.04. The SMILES string of the molecule is C=C(C)N(C)CCOC(C)C. The fourth-order valence-corrected chi connectivity index (χ4v) is 0.616. The predicted molar refractivity (Wildman–Crippen MR) is 48.5 cm³/mol. The second-order valence-corrected chi connectivity index (χ2v) is 3.08. The first-order valence-electron chi connectivity index (χ1n) is 4.02. The summed E-state index contributed by atoms with van der Waals surface area (Å²) < 4.78 is 5.38. The maximum absolute atomic E-state index is 5.38. The average Bonchev–Trinajstić information content (AvgIpc) is 1.86. The summed E-state index contributed by atoms with van der Waals surface area (Å²) in [4.78, 5) is 2.09. The normalized spacial score (nSPS) is 10.3. The number of rotatable bonds is 5. The lowest BCUT2D eigenvalue weighted by atomic mass is 10.4. The van der Waals surface area contributed by atoms with Gasteiger partial charge in [-0.05, 0) is 20.8 Å². The van der Waals surface area contributed by atoms with Crippen LogP contribution in [0.2, 0.25) is 0 Å². The van der Waals surface area contributed by atoms with Gasteiger partial charge in [-0.2, -0.15) is 0 Å². The zero-order chi connectivity index (χ0) is 8.85. The van der Waals surface area contributed by atoms with Gasteiger partial charge in [-0.1, -0.05) is 6.58 Å². The summed E-state index contributed by atoms with van der Waals surface area (Å²) in [5, 5.41) is 0. The van der Waals surface area contributed by atoms with Crippen molar-refractivity contribution in [2.45, 2.75) is 26.9 Å². The maximum Gasteiger partial charge on any atom is 0.0644 e. The second kappa shape index (κ2) is 5.19. The van der Waals surface area contributed by atoms with Crippen LogP contribution < -0.4 is 0 Å². The van der Waals surface area contributed by atoms with Gasteiger partial charge in [0.15, 0.2) is 0 Å². The van der Waals surface area contributed by atoms with Crippen molar-refractivity contribution < 1.29 is 4.74 Å². The van der Waals surface area contributed by atoms with E-state index in [0.29, 0.717) is 6.10 Å². The van der Waals surface area contributed by atoms with E-state index in [4.69, 9.17) is 4.74 Å². The lowest BCUT2D eigenvalue weighted by Crippen LogP contribution is -2.22. The Morgan fingerprint density at radius 1 is 1.55 bits per heavy atom. The Morgan fingerprint density at radius 3 is 2.45 bits per heavy atom. The molecule has 0 aromatic rings. The van der Waals surface area contributed by atoms with Crippen LogP contribution in [0.4, 0.5) is 0 Å². The molecule has 0 aliphatic heterocycles. The van der Waals surface area contributed by atoms with Gasteiger partial charge in [0.05, 0.1) is 12.7 Å². The molecule has 11 heavy (non-hydrogen) atoms. The first-order valence-corrected chi connectivity index (χ1v) is 4.02. The van der Waals surface area contributed by atoms with E-state index in [1.165, 1.54) is 0 Å². The highest BCUT2D eigenvalue weighted by Crippen LogP contribution is 1.95. The largest absolute Gasteiger partial charge is 0.377 e. The van der Waals surface area contributed by atoms with Crippen molar-refractivity contribution in [3.05, 3.63) is 12.3 Å². The summed E-state index contributed by atoms with van der Waals surface area (Å²) in [6, 6.07) is 0. The van der Waals surface area contributed by atoms with Crippen molar-refractivity contribution >= 4 is 0 Å². The lowest BCUT2D eigenvalue weighted by molar-refractivity contribution is 0.0687. The van der Waals surface area contributed by atoms with Gasteiger partial charge in [-0.25, -0.2) is 0 Å². The lowest BCUT2D eigenvalue weighted by Gasteiger charge is -2.19. The summed E-state index contributed by atoms with van der Waals surface area (Å²) in [5.74, 6) is 0. The molecule has 0 aliphatic rings. The Morgan fingerprint density at radius 2 is 2.09 bits per heavy atom. The molecule has 0 radical (unpaired) electrons. The van der Waals surface area contributed by atoms with Gasteiger partial charge in [-0.15, -0.1) is 0 Å². The van der Waals surface area contributed by atoms with E-state index in [1.807, 2.05) is 27.8 Å². The van der Waals surface area contributed by atoms with Gasteiger partial charge in [0.1, 0.15) is 0 Å². The number of nitrogens with zero attached hydrogens (tertiary/aromatic N) is 1. The topological polar surface area (TPSA) is 12.5 Å². The third-order valence-corrected chi connectivity index (χ3v) is 1.53. The van der Waals surface area contributed by atoms with Gasteiger partial charge < -0.3 is 9.64 Å². The number of allylic oxidation sites excluding steroid dienone is 1. The molecule has 0 N–H and O–H groups in total. The minimum absolute atomic E-state index is 0.327. The van der Waals surface area contributed by atoms with Crippen LogP contribution >= 0.6 is 0 Å². The van der Waals surface area contributed by atoms with E-state index in [2.05, 4.69) is 11.5 Å². The van der Waals surface area contributed by atoms with E-state index in [1.54, 1.807) is 0 Å². The summed E-state index contributed by atoms with van der Waals surface area (Å²) in [6.45, 7) is 11.6. The van der Waals surface area contributed by atoms with Crippen LogP contribution in [0.1, 0.15) is 20.8 Å². The molecule has 0 spiro atoms. The number of likely N-dealkylation sites (N-methyl/N-ethyl adjacent to an activating group) is 1. The van der Waals surface area contributed by atoms with Crippen molar-refractivity contribution in [3.8, 4) is 0 Å². The maximum atomic E-state index is 5.38. The van der Waals surface area contributed by atoms with Crippen molar-refractivity contribution in [2.75, 3.05) is 20.2 Å². The van der Waals surface area contributed by atoms with Gasteiger partial charge in [0, 0.05) is 19.3 Å². The zero-order valence-corrected chi connectivity index (χ0v) is 8.05. The van der Waals surface area contributed by atoms with Crippen LogP contribution in [0.5, 0.6) is 0 Å². The summed E-state index contributed by atoms with van der Waals surface area (Å²) in [5.41, 5.74) is 1.08. The van der Waals surface area contributed by atoms with E-state index in [9.17, 15) is 0 Å². The molecule has 66 valence electrons. The van der Waals surface area contributed by atoms with Gasteiger partial charge in [0.2, 0.25) is 0 Å². The van der Waals surface area contributed by atoms with Crippen LogP contribution in [0.3, 0.4) is 0 Å². The molecule has 0 amide bonds. The molecule has 0 rings (SSSR count). The van der Waals surface area contributed by atoms with Crippen molar-refractivity contribution in [1.82, 2.24) is 4.90 Å². The number of ether oxygens (including phenoxy) is 1. The average molecular weight is 157 g/mol. The van der Waals surface area contributed by atoms with Crippen LogP contribution in [-0.4, -0.2) is 31.2 Å². The molecule has 0 saturated carbocycles. The third kappa shape index (κ3) is 5.92. The highest BCUT2D eigenvalue weighted by atomic mass is 16.5. The van der Waals surface area contributed by atoms with Crippen LogP contribution in [0, 0.1) is 0 Å². The summed E-state index contributed by atoms with van der Waals surface area (Å²) >= 11 is 0. The molecule has 0 aromatic carbocycles. The Hall–Kier alpha value is -0.500. The molecule has 2 nitrogen and oxygen atoms in total. The van der Waals surface area contributed by atoms with Crippen LogP contribution in [0.25, 0.3) is 0 Å². The fourth-order valence-electron chi connectivity index (χ4n) is 0.616. The molecule has 0 unspecified atom stereocenters. The van der Waals surface area contributed by atoms with Crippen LogP contribution in [-0.2, 0) is 4.74 Å². The molecule has 0 bridgehead atoms. The van der Waals surface area contributed by atoms with Crippen molar-refractivity contribution in [1.29, 1.82) is 0 Å². The van der Waals surface area contributed by atoms with E-state index >= 15 is 0 Å². The monoisotopic (exact) mass is 157 g/mol. The molecule has 0 atom stereocenters. The summed E-state index contributed by atoms with van der Waals surface area (Å²) in [7, 11) is 2.02. The molecule has 0 aromatic heterocycles. The molecule has 0 aliphatic carbocycles. The molecular formula is C9H19NO. The molecule has 0 saturated heterocycles. The molecule has 0 fully saturated rings. The quantitative estimate of drug-likeness (QED) is 0.604. The van der Waals surface area contributed by atoms with Crippen molar-refractivity contribution in [2.24, 2.45) is 0 Å². The predicted octanol–water partition coefficient (Wildman–Crippen LogP) is 1.88. The standard InChI is InChI=1S/C9H19NO/c1-8(2)10(5)6-7-11-9(3)4/h9H,1,6-7H2,2-5H3. The zero-order valence-electron chi connectivity index (χ0n) is 8.05. The Kier molecular flexibility index (Phi) is 4.95. The van der Waals surface area contributed by atoms with E-state index in [-0.39, 0.29) is 0 Å². The summed E-state index contributed by atoms with van der Waals surface area (Å²) in [6.07, 6.45) is 0.327. The Labute approximate surface area is 69.8 Å². The van der Waals surface area contributed by atoms with Gasteiger partial charge in [-0.3, -0.25) is 0 Å². The minimum Gasteiger partial charge on any atom is -0.377 e. The molecular weight excluding hydrogens is 138 g/mol. The molecule has 0 heterocycles. The third-order valence-electron chi connectivity index (χ3n) is 1.53. The van der Waals surface area contributed by atoms with E-state index in [0.717, 1.165) is 18.8 Å². The van der Waals surface area contributed by atoms with Crippen molar-refractivity contribution in [3.63, 3.8) is 0 Å². The Balaban J connectivity index is 3.31. The highest BCUT2D eigenvalue weighted by molar-refractivity contribution is 4.85. The highest BCUT2D eigenvalue weighted by Gasteiger charge is 1.97. The Bertz CT molecular complexity index is 121. The minimum atomic E-state index is 0.327. The number of hydrogen-bond donors (Lipinski definition) is 0. The fraction of sp³-hybridized carbons (Fsp3) is 0.778. The van der Waals surface area contributed by atoms with Gasteiger partial charge in [0.25, 0.3) is 0 Å². The first kappa shape index (κ1) is 10.5. The second-order valence-electron chi connectivity index (χ2n) is 3.08. The van der Waals surface area contributed by atoms with Gasteiger partial charge >= 0.3 is 0 Å². The molecule has 2 heteroatoms. The number of hydrogen-bond acceptors (Lipinski definition) is 2. The smallest absolute Gasteiger partial charge is 0.0644 e. The van der Waals surface area contributed by atoms with Crippen LogP contribution in [0.15, 0.2) is 12.3 Å². The van der Waals surface area contributed by atoms with E-state index < -0.39 is 0 Å².